The van der Waals surface area contributed by atoms with Crippen LogP contribution in [-0.2, 0) is 4.57 Å². The fourth-order valence-electron chi connectivity index (χ4n) is 0. The Morgan fingerprint density at radius 1 is 1.00 bits per heavy atom. The molecule has 0 unspecified atom stereocenters. The van der Waals surface area contributed by atoms with E-state index in [0.717, 1.165) is 0 Å². The molecule has 0 rings (SSSR count). The zero-order chi connectivity index (χ0) is 9.99. The minimum absolute atomic E-state index is 0. The summed E-state index contributed by atoms with van der Waals surface area (Å²) in [5.74, 6) is 0. The van der Waals surface area contributed by atoms with Crippen LogP contribution in [0.2, 0.25) is 0 Å². The number of hydrogen-bond donors (Lipinski definition) is 2. The second-order valence-electron chi connectivity index (χ2n) is 1.21. The van der Waals surface area contributed by atoms with E-state index >= 15 is 0 Å². The van der Waals surface area contributed by atoms with Gasteiger partial charge in [-0.15, -0.1) is 9.79 Å². The Bertz CT molecular complexity index is 139. The van der Waals surface area contributed by atoms with Gasteiger partial charge in [0, 0.05) is 4.57 Å². The Hall–Kier alpha value is 0.0300. The first-order chi connectivity index (χ1) is 4.18. The van der Waals surface area contributed by atoms with Crippen LogP contribution in [-0.4, -0.2) is 9.79 Å². The van der Waals surface area contributed by atoms with Crippen LogP contribution in [0.5, 0.6) is 0 Å². The molecular weight excluding hydrogens is 224 g/mol. The molecule has 0 amide bonds. The van der Waals surface area contributed by atoms with E-state index in [2.05, 4.69) is 0 Å². The Morgan fingerprint density at radius 3 is 1.00 bits per heavy atom. The third kappa shape index (κ3) is 719000. The molecule has 72 valence electrons. The zero-order valence-corrected chi connectivity index (χ0v) is 6.25. The maximum Gasteiger partial charge on any atom is 1.00 e. The van der Waals surface area contributed by atoms with Gasteiger partial charge in [-0.3, -0.25) is 0 Å². The van der Waals surface area contributed by atoms with Gasteiger partial charge in [-0.1, -0.05) is 0 Å². The van der Waals surface area contributed by atoms with Crippen LogP contribution >= 0.6 is 16.1 Å². The molecule has 0 saturated heterocycles. The van der Waals surface area contributed by atoms with E-state index in [1.54, 1.807) is 0 Å². The van der Waals surface area contributed by atoms with Crippen molar-refractivity contribution in [2.24, 2.45) is 0 Å². The molecule has 0 fully saturated rings. The fourth-order valence-corrected chi connectivity index (χ4v) is 0. The van der Waals surface area contributed by atoms with Crippen LogP contribution < -0.4 is 0 Å². The molecular formula is H3F6O3P2+. The summed E-state index contributed by atoms with van der Waals surface area (Å²) in [6, 6.07) is 0. The van der Waals surface area contributed by atoms with E-state index in [4.69, 9.17) is 14.4 Å². The summed E-state index contributed by atoms with van der Waals surface area (Å²) in [6.07, 6.45) is 0. The first kappa shape index (κ1) is 13.6. The number of halogens is 6. The average Bonchev–Trinajstić information content (AvgIpc) is 1.11. The van der Waals surface area contributed by atoms with Crippen molar-refractivity contribution in [3.8, 4) is 0 Å². The van der Waals surface area contributed by atoms with Crippen molar-refractivity contribution in [1.29, 1.82) is 0 Å². The van der Waals surface area contributed by atoms with Crippen LogP contribution in [0.4, 0.5) is 25.2 Å². The zero-order valence-electron chi connectivity index (χ0n) is 5.46. The van der Waals surface area contributed by atoms with Gasteiger partial charge in [0.05, 0.1) is 0 Å². The number of rotatable bonds is 0. The van der Waals surface area contributed by atoms with E-state index in [-0.39, 0.29) is 1.43 Å². The summed E-state index contributed by atoms with van der Waals surface area (Å²) in [6.45, 7) is 0. The minimum atomic E-state index is -10.7. The standard InChI is InChI=1S/F6P.HO3P/c1-7(2,3,4,5)6;1-4(2)3/h;(H-,1,2,3)/q-1;/p+2. The third-order valence-corrected chi connectivity index (χ3v) is 0. The molecule has 0 aliphatic carbocycles. The van der Waals surface area contributed by atoms with Crippen molar-refractivity contribution >= 4 is 16.1 Å². The third-order valence-electron chi connectivity index (χ3n) is 0. The smallest absolute Gasteiger partial charge is 0.134 e. The van der Waals surface area contributed by atoms with Crippen molar-refractivity contribution in [1.82, 2.24) is 0 Å². The maximum absolute atomic E-state index is 10.7. The molecule has 0 bridgehead atoms. The molecule has 2 N–H and O–H groups in total. The maximum atomic E-state index is 9.87. The van der Waals surface area contributed by atoms with Gasteiger partial charge in [-0.2, -0.15) is 0 Å². The Kier molecular flexibility index (Phi) is 3.11. The molecule has 0 radical (unpaired) electrons. The van der Waals surface area contributed by atoms with E-state index in [1.807, 2.05) is 0 Å². The van der Waals surface area contributed by atoms with E-state index in [9.17, 15) is 25.2 Å². The van der Waals surface area contributed by atoms with Crippen LogP contribution in [0.3, 0.4) is 0 Å². The monoisotopic (exact) mass is 227 g/mol. The summed E-state index contributed by atoms with van der Waals surface area (Å²) < 4.78 is 67.9. The van der Waals surface area contributed by atoms with E-state index in [0.29, 0.717) is 0 Å². The fraction of sp³-hybridized carbons (Fsp3) is 0. The molecule has 0 aromatic carbocycles. The molecule has 0 heterocycles. The van der Waals surface area contributed by atoms with Crippen LogP contribution in [0.25, 0.3) is 0 Å². The molecule has 3 nitrogen and oxygen atoms in total. The SMILES string of the molecule is F[P-](F)(F)(F)(F)F.O=[P+](O)O.[H+]. The molecule has 11 heteroatoms. The van der Waals surface area contributed by atoms with Gasteiger partial charge < -0.3 is 0 Å². The normalized spacial score (nSPS) is 17.1. The number of hydrogen-bond acceptors (Lipinski definition) is 1. The summed E-state index contributed by atoms with van der Waals surface area (Å²) >= 11 is 0. The van der Waals surface area contributed by atoms with Crippen LogP contribution in [0, 0.1) is 0 Å². The van der Waals surface area contributed by atoms with Gasteiger partial charge in [-0.25, -0.2) is 0 Å². The summed E-state index contributed by atoms with van der Waals surface area (Å²) in [7, 11) is -13.5. The van der Waals surface area contributed by atoms with Gasteiger partial charge in [0.15, 0.2) is 0 Å². The summed E-state index contributed by atoms with van der Waals surface area (Å²) in [4.78, 5) is 14.2. The predicted octanol–water partition coefficient (Wildman–Crippen LogP) is 3.12. The quantitative estimate of drug-likeness (QED) is 0.493. The topological polar surface area (TPSA) is 57.5 Å². The predicted molar refractivity (Wildman–Crippen MR) is 26.7 cm³/mol. The molecule has 0 atom stereocenters. The minimum Gasteiger partial charge on any atom is -0.134 e. The van der Waals surface area contributed by atoms with Crippen molar-refractivity contribution in [2.45, 2.75) is 0 Å². The summed E-state index contributed by atoms with van der Waals surface area (Å²) in [5.41, 5.74) is 0. The van der Waals surface area contributed by atoms with Crippen molar-refractivity contribution < 1.29 is 41.0 Å². The van der Waals surface area contributed by atoms with Crippen molar-refractivity contribution in [2.75, 3.05) is 0 Å². The molecule has 0 saturated carbocycles. The first-order valence-corrected chi connectivity index (χ1v) is 4.79. The Labute approximate surface area is 58.3 Å². The van der Waals surface area contributed by atoms with E-state index in [1.165, 1.54) is 0 Å². The van der Waals surface area contributed by atoms with Gasteiger partial charge in [-0.05, 0) is 0 Å². The second-order valence-corrected chi connectivity index (χ2v) is 3.63. The van der Waals surface area contributed by atoms with Gasteiger partial charge in [0.25, 0.3) is 0 Å². The van der Waals surface area contributed by atoms with Gasteiger partial charge >= 0.3 is 42.7 Å². The molecule has 0 spiro atoms. The van der Waals surface area contributed by atoms with Crippen molar-refractivity contribution in [3.63, 3.8) is 0 Å². The largest absolute Gasteiger partial charge is 1.00 e. The van der Waals surface area contributed by atoms with Gasteiger partial charge in [0.2, 0.25) is 0 Å². The van der Waals surface area contributed by atoms with E-state index < -0.39 is 16.1 Å². The van der Waals surface area contributed by atoms with Crippen LogP contribution in [0.1, 0.15) is 1.43 Å². The van der Waals surface area contributed by atoms with Crippen molar-refractivity contribution in [3.05, 3.63) is 0 Å². The Morgan fingerprint density at radius 2 is 1.00 bits per heavy atom. The summed E-state index contributed by atoms with van der Waals surface area (Å²) in [5, 5.41) is 0. The second kappa shape index (κ2) is 2.52. The first-order valence-electron chi connectivity index (χ1n) is 1.60. The molecule has 0 aliphatic heterocycles. The molecule has 0 aromatic heterocycles. The molecule has 0 aliphatic rings. The molecule has 11 heavy (non-hydrogen) atoms. The Balaban J connectivity index is -0.000000142. The van der Waals surface area contributed by atoms with Gasteiger partial charge in [0.1, 0.15) is 0 Å². The van der Waals surface area contributed by atoms with Crippen LogP contribution in [0.15, 0.2) is 0 Å². The average molecular weight is 227 g/mol. The molecule has 0 aromatic rings.